The zero-order chi connectivity index (χ0) is 29.6. The van der Waals surface area contributed by atoms with E-state index in [1.165, 1.54) is 10.8 Å². The largest absolute Gasteiger partial charge is 0.503 e. The first-order valence-corrected chi connectivity index (χ1v) is 14.9. The lowest BCUT2D eigenvalue weighted by Crippen LogP contribution is -2.24. The van der Waals surface area contributed by atoms with Crippen LogP contribution in [0.2, 0.25) is 0 Å². The lowest BCUT2D eigenvalue weighted by Gasteiger charge is -2.29. The quantitative estimate of drug-likeness (QED) is 0.251. The molecule has 1 aliphatic rings. The summed E-state index contributed by atoms with van der Waals surface area (Å²) in [5, 5.41) is 18.3. The fraction of sp³-hybridized carbons (Fsp3) is 0.357. The molecule has 0 amide bonds. The number of pyridine rings is 1. The molecule has 5 rings (SSSR count). The number of carboxylic acid groups (broad SMARTS) is 2. The minimum absolute atomic E-state index is 0.0411. The van der Waals surface area contributed by atoms with E-state index in [0.717, 1.165) is 48.1 Å². The van der Waals surface area contributed by atoms with Crippen LogP contribution in [0.25, 0.3) is 28.0 Å². The summed E-state index contributed by atoms with van der Waals surface area (Å²) >= 11 is 0. The lowest BCUT2D eigenvalue weighted by molar-refractivity contribution is -0.00308. The van der Waals surface area contributed by atoms with Crippen molar-refractivity contribution in [1.29, 1.82) is 0 Å². The molecule has 218 valence electrons. The number of aromatic nitrogens is 4. The van der Waals surface area contributed by atoms with Crippen LogP contribution in [0.15, 0.2) is 59.8 Å². The molecule has 4 N–H and O–H groups in total. The van der Waals surface area contributed by atoms with Gasteiger partial charge in [-0.05, 0) is 31.7 Å². The Kier molecular flexibility index (Phi) is 9.53. The van der Waals surface area contributed by atoms with Gasteiger partial charge >= 0.3 is 6.16 Å². The van der Waals surface area contributed by atoms with Crippen molar-refractivity contribution in [2.24, 2.45) is 0 Å². The number of methoxy groups -OCH3 is 1. The van der Waals surface area contributed by atoms with E-state index in [-0.39, 0.29) is 22.7 Å². The number of carbonyl (C=O) groups is 1. The Balaban J connectivity index is 0.000000909. The summed E-state index contributed by atoms with van der Waals surface area (Å²) in [4.78, 5) is 18.1. The fourth-order valence-electron chi connectivity index (χ4n) is 5.01. The number of benzene rings is 1. The number of sulfone groups is 1. The van der Waals surface area contributed by atoms with Gasteiger partial charge in [-0.3, -0.25) is 4.98 Å². The number of fused-ring (bicyclic) bond motifs is 1. The lowest BCUT2D eigenvalue weighted by atomic mass is 9.85. The summed E-state index contributed by atoms with van der Waals surface area (Å²) in [6, 6.07) is 13.9. The molecule has 0 atom stereocenters. The van der Waals surface area contributed by atoms with Crippen molar-refractivity contribution in [3.8, 4) is 22.4 Å². The summed E-state index contributed by atoms with van der Waals surface area (Å²) in [5.74, 6) is 0.0433. The first kappa shape index (κ1) is 29.9. The fourth-order valence-corrected chi connectivity index (χ4v) is 6.07. The van der Waals surface area contributed by atoms with Crippen LogP contribution in [0.3, 0.4) is 0 Å². The molecule has 0 saturated heterocycles. The molecule has 0 bridgehead atoms. The summed E-state index contributed by atoms with van der Waals surface area (Å²) in [5.41, 5.74) is 10.9. The van der Waals surface area contributed by atoms with E-state index in [1.807, 2.05) is 42.5 Å². The molecule has 0 radical (unpaired) electrons. The van der Waals surface area contributed by atoms with Gasteiger partial charge in [-0.25, -0.2) is 18.2 Å². The Bertz CT molecular complexity index is 1580. The van der Waals surface area contributed by atoms with Crippen molar-refractivity contribution in [1.82, 2.24) is 19.6 Å². The Hall–Kier alpha value is -4.07. The third-order valence-electron chi connectivity index (χ3n) is 6.88. The Labute approximate surface area is 237 Å². The third kappa shape index (κ3) is 7.17. The molecule has 4 aromatic rings. The van der Waals surface area contributed by atoms with Crippen molar-refractivity contribution in [2.75, 3.05) is 32.3 Å². The van der Waals surface area contributed by atoms with Crippen molar-refractivity contribution in [2.45, 2.75) is 42.6 Å². The maximum absolute atomic E-state index is 12.8. The molecule has 1 fully saturated rings. The van der Waals surface area contributed by atoms with Gasteiger partial charge in [0.25, 0.3) is 0 Å². The third-order valence-corrected chi connectivity index (χ3v) is 8.04. The standard InChI is InChI=1S/C27H31N5O4S.CH2O3/c1-35-14-15-36-21-11-8-19(9-12-21)24-25(37(2,33)34)26(28)32-27(31-24)22(17-30-32)20-10-13-23(29-16-20)18-6-4-3-5-7-18;2-1(3)4/h3-7,10,13,16-17,19,21H,8-9,11-12,14-15,28H2,1-2H3;(H2,2,3,4). The number of nitrogens with zero attached hydrogens (tertiary/aromatic N) is 4. The number of ether oxygens (including phenoxy) is 2. The van der Waals surface area contributed by atoms with Gasteiger partial charge in [0.2, 0.25) is 0 Å². The SMILES string of the molecule is COCCOC1CCC(c2nc3c(-c4ccc(-c5ccccc5)nc4)cnn3c(N)c2S(C)(=O)=O)CC1.O=C(O)O. The second kappa shape index (κ2) is 13.1. The van der Waals surface area contributed by atoms with Crippen LogP contribution in [-0.2, 0) is 19.3 Å². The second-order valence-electron chi connectivity index (χ2n) is 9.70. The van der Waals surface area contributed by atoms with Crippen molar-refractivity contribution in [3.05, 3.63) is 60.6 Å². The highest BCUT2D eigenvalue weighted by molar-refractivity contribution is 7.91. The molecule has 3 aromatic heterocycles. The summed E-state index contributed by atoms with van der Waals surface area (Å²) in [7, 11) is -1.99. The van der Waals surface area contributed by atoms with Gasteiger partial charge in [-0.15, -0.1) is 0 Å². The molecular formula is C28H33N5O7S. The average molecular weight is 584 g/mol. The molecule has 0 aliphatic heterocycles. The number of nitrogen functional groups attached to an aromatic ring is 1. The second-order valence-corrected chi connectivity index (χ2v) is 11.6. The molecule has 3 heterocycles. The number of hydrogen-bond donors (Lipinski definition) is 3. The predicted molar refractivity (Wildman–Crippen MR) is 153 cm³/mol. The molecule has 1 saturated carbocycles. The maximum atomic E-state index is 12.8. The first-order chi connectivity index (χ1) is 19.6. The van der Waals surface area contributed by atoms with E-state index >= 15 is 0 Å². The van der Waals surface area contributed by atoms with Gasteiger partial charge in [0, 0.05) is 42.2 Å². The Morgan fingerprint density at radius 3 is 2.29 bits per heavy atom. The van der Waals surface area contributed by atoms with Gasteiger partial charge in [-0.2, -0.15) is 9.61 Å². The van der Waals surface area contributed by atoms with Crippen LogP contribution in [0.1, 0.15) is 37.3 Å². The van der Waals surface area contributed by atoms with Crippen molar-refractivity contribution in [3.63, 3.8) is 0 Å². The summed E-state index contributed by atoms with van der Waals surface area (Å²) in [6.07, 6.45) is 6.08. The van der Waals surface area contributed by atoms with E-state index in [1.54, 1.807) is 19.5 Å². The van der Waals surface area contributed by atoms with Gasteiger partial charge in [0.05, 0.1) is 36.9 Å². The van der Waals surface area contributed by atoms with E-state index < -0.39 is 16.0 Å². The zero-order valence-corrected chi connectivity index (χ0v) is 23.6. The highest BCUT2D eigenvalue weighted by atomic mass is 32.2. The first-order valence-electron chi connectivity index (χ1n) is 13.0. The molecule has 1 aromatic carbocycles. The van der Waals surface area contributed by atoms with Gasteiger partial charge in [-0.1, -0.05) is 36.4 Å². The molecular weight excluding hydrogens is 550 g/mol. The molecule has 41 heavy (non-hydrogen) atoms. The van der Waals surface area contributed by atoms with Crippen LogP contribution in [-0.4, -0.2) is 77.1 Å². The van der Waals surface area contributed by atoms with Crippen LogP contribution in [0.4, 0.5) is 10.6 Å². The van der Waals surface area contributed by atoms with Crippen molar-refractivity contribution >= 4 is 27.5 Å². The van der Waals surface area contributed by atoms with E-state index in [4.69, 9.17) is 35.2 Å². The summed E-state index contributed by atoms with van der Waals surface area (Å²) in [6.45, 7) is 1.10. The van der Waals surface area contributed by atoms with E-state index in [0.29, 0.717) is 24.6 Å². The van der Waals surface area contributed by atoms with Crippen LogP contribution < -0.4 is 5.73 Å². The summed E-state index contributed by atoms with van der Waals surface area (Å²) < 4.78 is 38.1. The zero-order valence-electron chi connectivity index (χ0n) is 22.8. The number of anilines is 1. The van der Waals surface area contributed by atoms with Crippen LogP contribution >= 0.6 is 0 Å². The van der Waals surface area contributed by atoms with Gasteiger partial charge in [0.1, 0.15) is 10.7 Å². The van der Waals surface area contributed by atoms with E-state index in [9.17, 15) is 8.42 Å². The van der Waals surface area contributed by atoms with E-state index in [2.05, 4.69) is 10.1 Å². The molecule has 0 unspecified atom stereocenters. The number of nitrogens with two attached hydrogens (primary N) is 1. The Morgan fingerprint density at radius 2 is 1.71 bits per heavy atom. The predicted octanol–water partition coefficient (Wildman–Crippen LogP) is 4.36. The topological polar surface area (TPSA) is 179 Å². The Morgan fingerprint density at radius 1 is 1.02 bits per heavy atom. The average Bonchev–Trinajstić information content (AvgIpc) is 3.38. The highest BCUT2D eigenvalue weighted by Crippen LogP contribution is 2.39. The monoisotopic (exact) mass is 583 g/mol. The maximum Gasteiger partial charge on any atom is 0.503 e. The number of rotatable bonds is 8. The molecule has 13 heteroatoms. The van der Waals surface area contributed by atoms with Gasteiger partial charge in [0.15, 0.2) is 15.5 Å². The number of hydrogen-bond acceptors (Lipinski definition) is 9. The van der Waals surface area contributed by atoms with Gasteiger partial charge < -0.3 is 25.4 Å². The van der Waals surface area contributed by atoms with Crippen molar-refractivity contribution < 1.29 is 32.9 Å². The molecule has 12 nitrogen and oxygen atoms in total. The molecule has 1 aliphatic carbocycles. The molecule has 0 spiro atoms. The smallest absolute Gasteiger partial charge is 0.450 e. The minimum Gasteiger partial charge on any atom is -0.450 e. The minimum atomic E-state index is -3.64. The van der Waals surface area contributed by atoms with Crippen LogP contribution in [0, 0.1) is 0 Å². The normalized spacial score (nSPS) is 17.1. The highest BCUT2D eigenvalue weighted by Gasteiger charge is 2.31. The van der Waals surface area contributed by atoms with Crippen LogP contribution in [0.5, 0.6) is 0 Å².